The van der Waals surface area contributed by atoms with Gasteiger partial charge in [0.05, 0.1) is 5.88 Å². The van der Waals surface area contributed by atoms with Crippen LogP contribution in [0, 0.1) is 0 Å². The fourth-order valence-corrected chi connectivity index (χ4v) is 3.09. The van der Waals surface area contributed by atoms with E-state index in [-0.39, 0.29) is 23.4 Å². The van der Waals surface area contributed by atoms with Crippen LogP contribution in [0.4, 0.5) is 0 Å². The number of amides is 2. The second kappa shape index (κ2) is 6.46. The summed E-state index contributed by atoms with van der Waals surface area (Å²) in [4.78, 5) is 26.2. The summed E-state index contributed by atoms with van der Waals surface area (Å²) in [7, 11) is 0. The zero-order valence-corrected chi connectivity index (χ0v) is 13.3. The van der Waals surface area contributed by atoms with E-state index in [0.29, 0.717) is 11.6 Å². The first-order chi connectivity index (χ1) is 8.76. The van der Waals surface area contributed by atoms with E-state index < -0.39 is 0 Å². The fraction of sp³-hybridized carbons (Fsp3) is 0.714. The molecule has 0 spiro atoms. The third-order valence-corrected chi connectivity index (χ3v) is 3.80. The van der Waals surface area contributed by atoms with Crippen LogP contribution in [0.1, 0.15) is 41.0 Å². The Labute approximate surface area is 120 Å². The largest absolute Gasteiger partial charge is 0.350 e. The average Bonchev–Trinajstić information content (AvgIpc) is 2.74. The first kappa shape index (κ1) is 16.1. The predicted molar refractivity (Wildman–Crippen MR) is 79.9 cm³/mol. The average molecular weight is 284 g/mol. The molecule has 0 radical (unpaired) electrons. The number of hydrogen-bond donors (Lipinski definition) is 1. The van der Waals surface area contributed by atoms with Gasteiger partial charge in [-0.3, -0.25) is 9.59 Å². The van der Waals surface area contributed by atoms with Crippen molar-refractivity contribution in [3.05, 3.63) is 11.6 Å². The topological polar surface area (TPSA) is 49.4 Å². The number of rotatable bonds is 3. The second-order valence-electron chi connectivity index (χ2n) is 5.83. The standard InChI is InChI=1S/C14H24N2O2S/c1-6-7-10(2)13(18)16-9-19-8-11(16)12(17)15-14(3,4)5/h7,11H,6,8-9H2,1-5H3,(H,15,17). The van der Waals surface area contributed by atoms with Crippen molar-refractivity contribution in [1.82, 2.24) is 10.2 Å². The quantitative estimate of drug-likeness (QED) is 0.808. The molecule has 0 saturated carbocycles. The van der Waals surface area contributed by atoms with Crippen molar-refractivity contribution in [1.29, 1.82) is 0 Å². The van der Waals surface area contributed by atoms with Gasteiger partial charge in [-0.05, 0) is 34.1 Å². The third kappa shape index (κ3) is 4.56. The molecule has 19 heavy (non-hydrogen) atoms. The molecule has 0 aromatic carbocycles. The Kier molecular flexibility index (Phi) is 5.47. The van der Waals surface area contributed by atoms with Gasteiger partial charge in [-0.25, -0.2) is 0 Å². The van der Waals surface area contributed by atoms with Crippen LogP contribution < -0.4 is 5.32 Å². The molecule has 1 rings (SSSR count). The van der Waals surface area contributed by atoms with Crippen molar-refractivity contribution in [3.63, 3.8) is 0 Å². The first-order valence-electron chi connectivity index (χ1n) is 6.63. The smallest absolute Gasteiger partial charge is 0.250 e. The van der Waals surface area contributed by atoms with Gasteiger partial charge in [0, 0.05) is 16.9 Å². The predicted octanol–water partition coefficient (Wildman–Crippen LogP) is 2.16. The van der Waals surface area contributed by atoms with Crippen LogP contribution in [0.15, 0.2) is 11.6 Å². The molecule has 1 saturated heterocycles. The number of nitrogens with one attached hydrogen (secondary N) is 1. The van der Waals surface area contributed by atoms with Crippen molar-refractivity contribution in [3.8, 4) is 0 Å². The molecular formula is C14H24N2O2S. The van der Waals surface area contributed by atoms with E-state index in [1.165, 1.54) is 0 Å². The molecule has 1 aliphatic rings. The zero-order valence-electron chi connectivity index (χ0n) is 12.4. The summed E-state index contributed by atoms with van der Waals surface area (Å²) < 4.78 is 0. The molecule has 1 fully saturated rings. The molecule has 4 nitrogen and oxygen atoms in total. The van der Waals surface area contributed by atoms with Crippen LogP contribution in [0.5, 0.6) is 0 Å². The van der Waals surface area contributed by atoms with Crippen LogP contribution >= 0.6 is 11.8 Å². The van der Waals surface area contributed by atoms with Gasteiger partial charge in [-0.15, -0.1) is 11.8 Å². The summed E-state index contributed by atoms with van der Waals surface area (Å²) in [6, 6.07) is -0.350. The highest BCUT2D eigenvalue weighted by molar-refractivity contribution is 7.99. The van der Waals surface area contributed by atoms with Crippen LogP contribution in [0.2, 0.25) is 0 Å². The van der Waals surface area contributed by atoms with Crippen LogP contribution in [-0.4, -0.2) is 39.9 Å². The molecule has 2 amide bonds. The number of allylic oxidation sites excluding steroid dienone is 1. The van der Waals surface area contributed by atoms with E-state index in [4.69, 9.17) is 0 Å². The second-order valence-corrected chi connectivity index (χ2v) is 6.83. The number of carbonyl (C=O) groups excluding carboxylic acids is 2. The Bertz CT molecular complexity index is 385. The maximum Gasteiger partial charge on any atom is 0.250 e. The molecule has 1 unspecified atom stereocenters. The number of carbonyl (C=O) groups is 2. The van der Waals surface area contributed by atoms with Gasteiger partial charge < -0.3 is 10.2 Å². The highest BCUT2D eigenvalue weighted by Gasteiger charge is 2.36. The highest BCUT2D eigenvalue weighted by atomic mass is 32.2. The van der Waals surface area contributed by atoms with Crippen LogP contribution in [0.25, 0.3) is 0 Å². The molecule has 0 aliphatic carbocycles. The summed E-state index contributed by atoms with van der Waals surface area (Å²) in [6.45, 7) is 9.65. The first-order valence-corrected chi connectivity index (χ1v) is 7.79. The van der Waals surface area contributed by atoms with Gasteiger partial charge in [-0.2, -0.15) is 0 Å². The third-order valence-electron chi connectivity index (χ3n) is 2.79. The molecule has 108 valence electrons. The molecule has 0 bridgehead atoms. The van der Waals surface area contributed by atoms with Gasteiger partial charge in [-0.1, -0.05) is 13.0 Å². The summed E-state index contributed by atoms with van der Waals surface area (Å²) in [5.74, 6) is 1.18. The SMILES string of the molecule is CCC=C(C)C(=O)N1CSCC1C(=O)NC(C)(C)C. The van der Waals surface area contributed by atoms with Crippen molar-refractivity contribution < 1.29 is 9.59 Å². The van der Waals surface area contributed by atoms with Crippen LogP contribution in [-0.2, 0) is 9.59 Å². The van der Waals surface area contributed by atoms with Crippen molar-refractivity contribution in [2.75, 3.05) is 11.6 Å². The molecule has 1 heterocycles. The van der Waals surface area contributed by atoms with Gasteiger partial charge in [0.2, 0.25) is 5.91 Å². The summed E-state index contributed by atoms with van der Waals surface area (Å²) in [5.41, 5.74) is 0.450. The lowest BCUT2D eigenvalue weighted by Gasteiger charge is -2.27. The van der Waals surface area contributed by atoms with E-state index in [1.807, 2.05) is 40.7 Å². The molecular weight excluding hydrogens is 260 g/mol. The fourth-order valence-electron chi connectivity index (χ4n) is 1.93. The lowest BCUT2D eigenvalue weighted by Crippen LogP contribution is -2.52. The Morgan fingerprint density at radius 2 is 2.05 bits per heavy atom. The number of thioether (sulfide) groups is 1. The number of hydrogen-bond acceptors (Lipinski definition) is 3. The Balaban J connectivity index is 2.77. The van der Waals surface area contributed by atoms with E-state index in [2.05, 4.69) is 5.32 Å². The van der Waals surface area contributed by atoms with E-state index >= 15 is 0 Å². The monoisotopic (exact) mass is 284 g/mol. The normalized spacial score (nSPS) is 20.6. The molecule has 1 N–H and O–H groups in total. The van der Waals surface area contributed by atoms with Crippen molar-refractivity contribution >= 4 is 23.6 Å². The molecule has 1 atom stereocenters. The van der Waals surface area contributed by atoms with E-state index in [9.17, 15) is 9.59 Å². The van der Waals surface area contributed by atoms with Gasteiger partial charge in [0.15, 0.2) is 0 Å². The Hall–Kier alpha value is -0.970. The Morgan fingerprint density at radius 3 is 2.58 bits per heavy atom. The summed E-state index contributed by atoms with van der Waals surface area (Å²) in [5, 5.41) is 2.95. The maximum absolute atomic E-state index is 12.3. The molecule has 5 heteroatoms. The lowest BCUT2D eigenvalue weighted by atomic mass is 10.1. The minimum absolute atomic E-state index is 0.0269. The maximum atomic E-state index is 12.3. The highest BCUT2D eigenvalue weighted by Crippen LogP contribution is 2.23. The minimum atomic E-state index is -0.350. The van der Waals surface area contributed by atoms with Crippen molar-refractivity contribution in [2.24, 2.45) is 0 Å². The lowest BCUT2D eigenvalue weighted by molar-refractivity contribution is -0.136. The number of nitrogens with zero attached hydrogens (tertiary/aromatic N) is 1. The van der Waals surface area contributed by atoms with Gasteiger partial charge in [0.1, 0.15) is 6.04 Å². The minimum Gasteiger partial charge on any atom is -0.350 e. The molecule has 0 aromatic heterocycles. The Morgan fingerprint density at radius 1 is 1.42 bits per heavy atom. The van der Waals surface area contributed by atoms with E-state index in [0.717, 1.165) is 12.0 Å². The molecule has 1 aliphatic heterocycles. The summed E-state index contributed by atoms with van der Waals surface area (Å²) >= 11 is 1.63. The molecule has 0 aromatic rings. The van der Waals surface area contributed by atoms with Crippen LogP contribution in [0.3, 0.4) is 0 Å². The van der Waals surface area contributed by atoms with Gasteiger partial charge >= 0.3 is 0 Å². The summed E-state index contributed by atoms with van der Waals surface area (Å²) in [6.07, 6.45) is 2.74. The van der Waals surface area contributed by atoms with E-state index in [1.54, 1.807) is 16.7 Å². The van der Waals surface area contributed by atoms with Crippen molar-refractivity contribution in [2.45, 2.75) is 52.6 Å². The zero-order chi connectivity index (χ0) is 14.6. The van der Waals surface area contributed by atoms with Gasteiger partial charge in [0.25, 0.3) is 5.91 Å².